The van der Waals surface area contributed by atoms with E-state index in [1.807, 2.05) is 0 Å². The molecule has 4 heteroatoms. The van der Waals surface area contributed by atoms with Crippen molar-refractivity contribution >= 4 is 11.9 Å². The Morgan fingerprint density at radius 3 is 2.25 bits per heavy atom. The Morgan fingerprint density at radius 2 is 1.88 bits per heavy atom. The molecule has 2 unspecified atom stereocenters. The lowest BCUT2D eigenvalue weighted by atomic mass is 9.53. The second-order valence-electron chi connectivity index (χ2n) is 4.80. The fourth-order valence-corrected chi connectivity index (χ4v) is 3.00. The largest absolute Gasteiger partial charge is 0.461 e. The van der Waals surface area contributed by atoms with Gasteiger partial charge in [-0.3, -0.25) is 0 Å². The molecule has 0 aromatic heterocycles. The maximum absolute atomic E-state index is 11.4. The molecule has 16 heavy (non-hydrogen) atoms. The van der Waals surface area contributed by atoms with Gasteiger partial charge in [0.05, 0.1) is 5.41 Å². The van der Waals surface area contributed by atoms with E-state index in [1.54, 1.807) is 0 Å². The molecule has 1 aliphatic carbocycles. The van der Waals surface area contributed by atoms with Gasteiger partial charge in [0.15, 0.2) is 0 Å². The molecule has 3 aliphatic rings. The Kier molecular flexibility index (Phi) is 1.54. The minimum Gasteiger partial charge on any atom is -0.461 e. The van der Waals surface area contributed by atoms with Crippen LogP contribution in [0.4, 0.5) is 0 Å². The van der Waals surface area contributed by atoms with Crippen molar-refractivity contribution in [1.82, 2.24) is 0 Å². The minimum absolute atomic E-state index is 0.283. The summed E-state index contributed by atoms with van der Waals surface area (Å²) in [6.07, 6.45) is 2.03. The maximum Gasteiger partial charge on any atom is 0.334 e. The van der Waals surface area contributed by atoms with Crippen molar-refractivity contribution in [2.75, 3.05) is 6.61 Å². The first kappa shape index (κ1) is 9.63. The normalized spacial score (nSPS) is 41.5. The van der Waals surface area contributed by atoms with E-state index < -0.39 is 11.0 Å². The molecule has 1 saturated carbocycles. The van der Waals surface area contributed by atoms with Crippen LogP contribution >= 0.6 is 0 Å². The topological polar surface area (TPSA) is 52.6 Å². The molecule has 2 spiro atoms. The summed E-state index contributed by atoms with van der Waals surface area (Å²) in [5.74, 6) is -0.723. The van der Waals surface area contributed by atoms with E-state index in [4.69, 9.17) is 9.47 Å². The van der Waals surface area contributed by atoms with Gasteiger partial charge in [0, 0.05) is 17.6 Å². The number of rotatable bonds is 0. The number of hydrogen-bond acceptors (Lipinski definition) is 4. The molecule has 3 fully saturated rings. The van der Waals surface area contributed by atoms with E-state index >= 15 is 0 Å². The van der Waals surface area contributed by atoms with Crippen molar-refractivity contribution in [1.29, 1.82) is 0 Å². The first-order valence-electron chi connectivity index (χ1n) is 5.28. The Morgan fingerprint density at radius 1 is 1.12 bits per heavy atom. The predicted octanol–water partition coefficient (Wildman–Crippen LogP) is 1.12. The summed E-state index contributed by atoms with van der Waals surface area (Å²) in [4.78, 5) is 22.8. The summed E-state index contributed by atoms with van der Waals surface area (Å²) < 4.78 is 10.4. The molecule has 0 bridgehead atoms. The molecule has 0 radical (unpaired) electrons. The summed E-state index contributed by atoms with van der Waals surface area (Å²) in [6, 6.07) is 0. The van der Waals surface area contributed by atoms with Crippen molar-refractivity contribution < 1.29 is 19.1 Å². The summed E-state index contributed by atoms with van der Waals surface area (Å²) in [7, 11) is 0. The average molecular weight is 220 g/mol. The fourth-order valence-electron chi connectivity index (χ4n) is 3.00. The van der Waals surface area contributed by atoms with Crippen LogP contribution in [-0.4, -0.2) is 24.1 Å². The van der Waals surface area contributed by atoms with E-state index in [9.17, 15) is 9.59 Å². The summed E-state index contributed by atoms with van der Waals surface area (Å²) in [5.41, 5.74) is -0.170. The second kappa shape index (κ2) is 2.56. The maximum atomic E-state index is 11.4. The van der Waals surface area contributed by atoms with E-state index in [-0.39, 0.29) is 18.5 Å². The lowest BCUT2D eigenvalue weighted by molar-refractivity contribution is -0.181. The number of fused-ring (bicyclic) bond motifs is 1. The first-order chi connectivity index (χ1) is 7.51. The molecule has 0 amide bonds. The Balaban J connectivity index is 2.00. The molecule has 0 aromatic rings. The summed E-state index contributed by atoms with van der Waals surface area (Å²) >= 11 is 0. The van der Waals surface area contributed by atoms with Crippen LogP contribution in [0, 0.1) is 5.41 Å². The highest BCUT2D eigenvalue weighted by atomic mass is 16.6. The quantitative estimate of drug-likeness (QED) is 0.453. The molecule has 4 nitrogen and oxygen atoms in total. The zero-order chi connectivity index (χ0) is 11.6. The Labute approximate surface area is 92.9 Å². The van der Waals surface area contributed by atoms with Gasteiger partial charge in [0.1, 0.15) is 12.2 Å². The SMILES string of the molecule is C=C1CC2(CCC23COC(=O)C3=C)OC1=O. The Bertz CT molecular complexity index is 432. The zero-order valence-electron chi connectivity index (χ0n) is 8.88. The van der Waals surface area contributed by atoms with Gasteiger partial charge in [0.2, 0.25) is 0 Å². The van der Waals surface area contributed by atoms with Crippen molar-refractivity contribution in [3.63, 3.8) is 0 Å². The fraction of sp³-hybridized carbons (Fsp3) is 0.500. The molecule has 2 aliphatic heterocycles. The predicted molar refractivity (Wildman–Crippen MR) is 54.3 cm³/mol. The standard InChI is InChI=1S/C12H12O4/c1-7-5-12(16-9(7)13)4-3-11(12)6-15-10(14)8(11)2/h1-6H2. The van der Waals surface area contributed by atoms with Crippen LogP contribution in [0.3, 0.4) is 0 Å². The van der Waals surface area contributed by atoms with E-state index in [2.05, 4.69) is 13.2 Å². The molecule has 3 rings (SSSR count). The van der Waals surface area contributed by atoms with Gasteiger partial charge < -0.3 is 9.47 Å². The number of esters is 2. The third-order valence-electron chi connectivity index (χ3n) is 4.18. The van der Waals surface area contributed by atoms with E-state index in [0.29, 0.717) is 17.6 Å². The molecule has 2 atom stereocenters. The lowest BCUT2D eigenvalue weighted by Crippen LogP contribution is -2.58. The molecular weight excluding hydrogens is 208 g/mol. The number of carbonyl (C=O) groups is 2. The average Bonchev–Trinajstić information content (AvgIpc) is 2.71. The van der Waals surface area contributed by atoms with Crippen LogP contribution in [0.1, 0.15) is 19.3 Å². The van der Waals surface area contributed by atoms with Crippen molar-refractivity contribution in [3.05, 3.63) is 24.3 Å². The monoisotopic (exact) mass is 220 g/mol. The third kappa shape index (κ3) is 0.821. The minimum atomic E-state index is -0.607. The molecule has 84 valence electrons. The van der Waals surface area contributed by atoms with Crippen LogP contribution in [-0.2, 0) is 19.1 Å². The van der Waals surface area contributed by atoms with Crippen molar-refractivity contribution in [3.8, 4) is 0 Å². The van der Waals surface area contributed by atoms with Crippen molar-refractivity contribution in [2.45, 2.75) is 24.9 Å². The van der Waals surface area contributed by atoms with Gasteiger partial charge in [-0.25, -0.2) is 9.59 Å². The highest BCUT2D eigenvalue weighted by Crippen LogP contribution is 2.63. The molecule has 0 aromatic carbocycles. The zero-order valence-corrected chi connectivity index (χ0v) is 8.88. The molecule has 2 saturated heterocycles. The smallest absolute Gasteiger partial charge is 0.334 e. The lowest BCUT2D eigenvalue weighted by Gasteiger charge is -2.52. The van der Waals surface area contributed by atoms with E-state index in [0.717, 1.165) is 12.8 Å². The molecule has 2 heterocycles. The van der Waals surface area contributed by atoms with Gasteiger partial charge >= 0.3 is 11.9 Å². The highest BCUT2D eigenvalue weighted by Gasteiger charge is 2.70. The van der Waals surface area contributed by atoms with Gasteiger partial charge in [-0.1, -0.05) is 13.2 Å². The molecular formula is C12H12O4. The van der Waals surface area contributed by atoms with Crippen LogP contribution in [0.5, 0.6) is 0 Å². The molecule has 0 N–H and O–H groups in total. The van der Waals surface area contributed by atoms with Crippen LogP contribution in [0.15, 0.2) is 24.3 Å². The first-order valence-corrected chi connectivity index (χ1v) is 5.28. The van der Waals surface area contributed by atoms with E-state index in [1.165, 1.54) is 0 Å². The van der Waals surface area contributed by atoms with Crippen molar-refractivity contribution in [2.24, 2.45) is 5.41 Å². The number of carbonyl (C=O) groups excluding carboxylic acids is 2. The van der Waals surface area contributed by atoms with Crippen LogP contribution < -0.4 is 0 Å². The van der Waals surface area contributed by atoms with Gasteiger partial charge in [-0.05, 0) is 12.8 Å². The number of hydrogen-bond donors (Lipinski definition) is 0. The summed E-state index contributed by atoms with van der Waals surface area (Å²) in [5, 5.41) is 0. The van der Waals surface area contributed by atoms with Gasteiger partial charge in [-0.15, -0.1) is 0 Å². The third-order valence-corrected chi connectivity index (χ3v) is 4.18. The second-order valence-corrected chi connectivity index (χ2v) is 4.80. The highest BCUT2D eigenvalue weighted by molar-refractivity contribution is 5.95. The number of ether oxygens (including phenoxy) is 2. The number of cyclic esters (lactones) is 1. The Hall–Kier alpha value is -1.58. The van der Waals surface area contributed by atoms with Gasteiger partial charge in [0.25, 0.3) is 0 Å². The summed E-state index contributed by atoms with van der Waals surface area (Å²) in [6.45, 7) is 7.75. The van der Waals surface area contributed by atoms with Crippen LogP contribution in [0.25, 0.3) is 0 Å². The van der Waals surface area contributed by atoms with Gasteiger partial charge in [-0.2, -0.15) is 0 Å². The van der Waals surface area contributed by atoms with Crippen LogP contribution in [0.2, 0.25) is 0 Å².